The molecule has 2 amide bonds. The van der Waals surface area contributed by atoms with Gasteiger partial charge in [0.1, 0.15) is 5.82 Å². The molecule has 174 valence electrons. The number of carbonyl (C=O) groups excluding carboxylic acids is 2. The normalized spacial score (nSPS) is 13.3. The predicted molar refractivity (Wildman–Crippen MR) is 138 cm³/mol. The highest BCUT2D eigenvalue weighted by molar-refractivity contribution is 14.0. The van der Waals surface area contributed by atoms with Gasteiger partial charge in [0.25, 0.3) is 11.8 Å². The third-order valence-electron chi connectivity index (χ3n) is 5.62. The van der Waals surface area contributed by atoms with Gasteiger partial charge < -0.3 is 15.6 Å². The van der Waals surface area contributed by atoms with Crippen LogP contribution >= 0.6 is 24.0 Å². The van der Waals surface area contributed by atoms with E-state index in [2.05, 4.69) is 20.6 Å². The minimum Gasteiger partial charge on any atom is -0.361 e. The number of hydrogen-bond acceptors (Lipinski definition) is 3. The van der Waals surface area contributed by atoms with Crippen LogP contribution in [0.2, 0.25) is 0 Å². The molecule has 0 unspecified atom stereocenters. The number of unbranched alkanes of at least 4 members (excludes halogenated alkanes) is 1. The zero-order valence-electron chi connectivity index (χ0n) is 18.4. The number of H-pyrrole nitrogens is 1. The van der Waals surface area contributed by atoms with Crippen molar-refractivity contribution < 1.29 is 14.0 Å². The molecular weight excluding hydrogens is 536 g/mol. The van der Waals surface area contributed by atoms with Gasteiger partial charge in [-0.1, -0.05) is 12.1 Å². The van der Waals surface area contributed by atoms with Crippen LogP contribution in [0, 0.1) is 5.82 Å². The molecule has 4 rings (SSSR count). The summed E-state index contributed by atoms with van der Waals surface area (Å²) in [6.07, 6.45) is 4.12. The van der Waals surface area contributed by atoms with Gasteiger partial charge in [-0.15, -0.1) is 24.0 Å². The van der Waals surface area contributed by atoms with Crippen molar-refractivity contribution in [3.05, 3.63) is 71.2 Å². The summed E-state index contributed by atoms with van der Waals surface area (Å²) in [7, 11) is 1.70. The number of carbonyl (C=O) groups is 2. The fraction of sp³-hybridized carbons (Fsp3) is 0.292. The first-order valence-electron chi connectivity index (χ1n) is 10.7. The summed E-state index contributed by atoms with van der Waals surface area (Å²) in [4.78, 5) is 33.5. The summed E-state index contributed by atoms with van der Waals surface area (Å²) in [6, 6.07) is 11.7. The van der Waals surface area contributed by atoms with Gasteiger partial charge in [0.05, 0.1) is 11.1 Å². The zero-order chi connectivity index (χ0) is 22.5. The molecular formula is C24H27FIN5O2. The predicted octanol–water partition coefficient (Wildman–Crippen LogP) is 3.71. The third kappa shape index (κ3) is 5.52. The van der Waals surface area contributed by atoms with E-state index in [-0.39, 0.29) is 41.6 Å². The van der Waals surface area contributed by atoms with Crippen LogP contribution in [-0.4, -0.2) is 54.3 Å². The molecule has 2 heterocycles. The standard InChI is InChI=1S/C24H26FN5O2.HI/c1-26-24(28-12-10-16-15-29-21-9-8-17(25)14-20(16)21)27-11-4-5-13-30-22(31)18-6-2-3-7-19(18)23(30)32;/h2-3,6-9,14-15,29H,4-5,10-13H2,1H3,(H2,26,27,28);1H. The topological polar surface area (TPSA) is 89.6 Å². The Kier molecular flexibility index (Phi) is 8.43. The van der Waals surface area contributed by atoms with Crippen LogP contribution in [-0.2, 0) is 6.42 Å². The van der Waals surface area contributed by atoms with Crippen molar-refractivity contribution in [1.29, 1.82) is 0 Å². The zero-order valence-corrected chi connectivity index (χ0v) is 20.7. The number of halogens is 2. The maximum Gasteiger partial charge on any atom is 0.261 e. The van der Waals surface area contributed by atoms with E-state index in [0.29, 0.717) is 43.1 Å². The van der Waals surface area contributed by atoms with E-state index >= 15 is 0 Å². The van der Waals surface area contributed by atoms with Crippen molar-refractivity contribution in [2.24, 2.45) is 4.99 Å². The average molecular weight is 563 g/mol. The lowest BCUT2D eigenvalue weighted by molar-refractivity contribution is 0.0652. The Balaban J connectivity index is 0.00000306. The van der Waals surface area contributed by atoms with Crippen molar-refractivity contribution in [2.45, 2.75) is 19.3 Å². The maximum absolute atomic E-state index is 13.5. The fourth-order valence-corrected chi connectivity index (χ4v) is 3.94. The molecule has 1 aromatic heterocycles. The Labute approximate surface area is 208 Å². The number of nitrogens with one attached hydrogen (secondary N) is 3. The minimum atomic E-state index is -0.245. The lowest BCUT2D eigenvalue weighted by Gasteiger charge is -2.15. The second-order valence-electron chi connectivity index (χ2n) is 7.69. The summed E-state index contributed by atoms with van der Waals surface area (Å²) >= 11 is 0. The molecule has 0 fully saturated rings. The molecule has 0 spiro atoms. The van der Waals surface area contributed by atoms with Crippen molar-refractivity contribution in [3.8, 4) is 0 Å². The Bertz CT molecular complexity index is 1140. The Morgan fingerprint density at radius 3 is 2.42 bits per heavy atom. The largest absolute Gasteiger partial charge is 0.361 e. The first kappa shape index (κ1) is 24.7. The fourth-order valence-electron chi connectivity index (χ4n) is 3.94. The number of fused-ring (bicyclic) bond motifs is 2. The van der Waals surface area contributed by atoms with Gasteiger partial charge in [0.15, 0.2) is 5.96 Å². The lowest BCUT2D eigenvalue weighted by atomic mass is 10.1. The number of amides is 2. The first-order chi connectivity index (χ1) is 15.6. The SMILES string of the molecule is CN=C(NCCCCN1C(=O)c2ccccc2C1=O)NCCc1c[nH]c2ccc(F)cc12.I. The number of imide groups is 1. The number of hydrogen-bond donors (Lipinski definition) is 3. The van der Waals surface area contributed by atoms with Crippen molar-refractivity contribution in [2.75, 3.05) is 26.7 Å². The number of rotatable bonds is 8. The van der Waals surface area contributed by atoms with Crippen LogP contribution in [0.15, 0.2) is 53.7 Å². The quantitative estimate of drug-likeness (QED) is 0.128. The van der Waals surface area contributed by atoms with Crippen LogP contribution in [0.25, 0.3) is 10.9 Å². The van der Waals surface area contributed by atoms with Crippen molar-refractivity contribution in [1.82, 2.24) is 20.5 Å². The van der Waals surface area contributed by atoms with E-state index in [1.165, 1.54) is 11.0 Å². The maximum atomic E-state index is 13.5. The second kappa shape index (κ2) is 11.3. The molecule has 0 saturated heterocycles. The van der Waals surface area contributed by atoms with Gasteiger partial charge in [-0.05, 0) is 55.2 Å². The van der Waals surface area contributed by atoms with Crippen LogP contribution in [0.5, 0.6) is 0 Å². The highest BCUT2D eigenvalue weighted by Gasteiger charge is 2.34. The molecule has 3 N–H and O–H groups in total. The second-order valence-corrected chi connectivity index (χ2v) is 7.69. The third-order valence-corrected chi connectivity index (χ3v) is 5.62. The Morgan fingerprint density at radius 1 is 1.03 bits per heavy atom. The van der Waals surface area contributed by atoms with Gasteiger partial charge in [0, 0.05) is 43.8 Å². The summed E-state index contributed by atoms with van der Waals surface area (Å²) in [5.41, 5.74) is 2.93. The molecule has 7 nitrogen and oxygen atoms in total. The van der Waals surface area contributed by atoms with Crippen LogP contribution in [0.3, 0.4) is 0 Å². The Hall–Kier alpha value is -2.95. The van der Waals surface area contributed by atoms with Crippen molar-refractivity contribution >= 4 is 52.7 Å². The molecule has 0 saturated carbocycles. The highest BCUT2D eigenvalue weighted by atomic mass is 127. The smallest absolute Gasteiger partial charge is 0.261 e. The van der Waals surface area contributed by atoms with Crippen LogP contribution < -0.4 is 10.6 Å². The van der Waals surface area contributed by atoms with E-state index in [0.717, 1.165) is 29.3 Å². The number of guanidine groups is 1. The van der Waals surface area contributed by atoms with E-state index in [4.69, 9.17) is 0 Å². The van der Waals surface area contributed by atoms with Gasteiger partial charge >= 0.3 is 0 Å². The number of aromatic nitrogens is 1. The number of benzene rings is 2. The molecule has 9 heteroatoms. The van der Waals surface area contributed by atoms with Gasteiger partial charge in [-0.2, -0.15) is 0 Å². The molecule has 0 bridgehead atoms. The number of aliphatic imine (C=N–C) groups is 1. The summed E-state index contributed by atoms with van der Waals surface area (Å²) < 4.78 is 13.5. The van der Waals surface area contributed by atoms with Gasteiger partial charge in [-0.25, -0.2) is 4.39 Å². The summed E-state index contributed by atoms with van der Waals surface area (Å²) in [6.45, 7) is 1.72. The average Bonchev–Trinajstić information content (AvgIpc) is 3.31. The number of nitrogens with zero attached hydrogens (tertiary/aromatic N) is 2. The van der Waals surface area contributed by atoms with E-state index in [9.17, 15) is 14.0 Å². The molecule has 33 heavy (non-hydrogen) atoms. The molecule has 2 aromatic carbocycles. The van der Waals surface area contributed by atoms with E-state index in [1.54, 1.807) is 43.4 Å². The van der Waals surface area contributed by atoms with Gasteiger partial charge in [-0.3, -0.25) is 19.5 Å². The molecule has 0 radical (unpaired) electrons. The molecule has 1 aliphatic rings. The molecule has 3 aromatic rings. The minimum absolute atomic E-state index is 0. The van der Waals surface area contributed by atoms with E-state index in [1.807, 2.05) is 6.20 Å². The molecule has 0 aliphatic carbocycles. The highest BCUT2D eigenvalue weighted by Crippen LogP contribution is 2.22. The van der Waals surface area contributed by atoms with Crippen LogP contribution in [0.4, 0.5) is 4.39 Å². The van der Waals surface area contributed by atoms with Crippen molar-refractivity contribution in [3.63, 3.8) is 0 Å². The number of aromatic amines is 1. The van der Waals surface area contributed by atoms with E-state index < -0.39 is 0 Å². The summed E-state index contributed by atoms with van der Waals surface area (Å²) in [5.74, 6) is 0.00291. The summed E-state index contributed by atoms with van der Waals surface area (Å²) in [5, 5.41) is 7.39. The Morgan fingerprint density at radius 2 is 1.73 bits per heavy atom. The van der Waals surface area contributed by atoms with Gasteiger partial charge in [0.2, 0.25) is 0 Å². The lowest BCUT2D eigenvalue weighted by Crippen LogP contribution is -2.39. The molecule has 1 aliphatic heterocycles. The monoisotopic (exact) mass is 563 g/mol. The first-order valence-corrected chi connectivity index (χ1v) is 10.7. The molecule has 0 atom stereocenters. The van der Waals surface area contributed by atoms with Crippen LogP contribution in [0.1, 0.15) is 39.1 Å².